The first-order chi connectivity index (χ1) is 8.31. The van der Waals surface area contributed by atoms with Crippen LogP contribution in [0.3, 0.4) is 0 Å². The molecule has 2 N–H and O–H groups in total. The molecule has 2 rings (SSSR count). The smallest absolute Gasteiger partial charge is 0.143 e. The minimum absolute atomic E-state index is 0.0325. The summed E-state index contributed by atoms with van der Waals surface area (Å²) < 4.78 is 13.3. The van der Waals surface area contributed by atoms with Crippen LogP contribution in [0.15, 0.2) is 24.5 Å². The van der Waals surface area contributed by atoms with E-state index in [1.165, 1.54) is 12.4 Å². The summed E-state index contributed by atoms with van der Waals surface area (Å²) in [5, 5.41) is 18.3. The van der Waals surface area contributed by atoms with Gasteiger partial charge < -0.3 is 5.32 Å². The molecule has 0 aliphatic rings. The van der Waals surface area contributed by atoms with E-state index >= 15 is 0 Å². The zero-order chi connectivity index (χ0) is 12.1. The Morgan fingerprint density at radius 2 is 2.35 bits per heavy atom. The minimum atomic E-state index is -0.517. The standard InChI is InChI=1S/C11H10FN5/c12-9-2-1-3-10(8(9)6-13)14-5-4-11-15-7-16-17-11/h1-3,7,14H,4-5H2,(H,15,16,17). The van der Waals surface area contributed by atoms with Crippen LogP contribution in [-0.4, -0.2) is 21.7 Å². The highest BCUT2D eigenvalue weighted by Crippen LogP contribution is 2.17. The molecule has 0 radical (unpaired) electrons. The van der Waals surface area contributed by atoms with Crippen LogP contribution in [0.1, 0.15) is 11.4 Å². The van der Waals surface area contributed by atoms with Crippen LogP contribution in [-0.2, 0) is 6.42 Å². The number of halogens is 1. The summed E-state index contributed by atoms with van der Waals surface area (Å²) in [5.74, 6) is 0.226. The first-order valence-corrected chi connectivity index (χ1v) is 5.08. The summed E-state index contributed by atoms with van der Waals surface area (Å²) >= 11 is 0. The van der Waals surface area contributed by atoms with Crippen LogP contribution < -0.4 is 5.32 Å². The van der Waals surface area contributed by atoms with E-state index in [1.54, 1.807) is 12.1 Å². The van der Waals surface area contributed by atoms with E-state index in [9.17, 15) is 4.39 Å². The van der Waals surface area contributed by atoms with Crippen LogP contribution in [0.2, 0.25) is 0 Å². The van der Waals surface area contributed by atoms with Gasteiger partial charge in [-0.2, -0.15) is 10.4 Å². The van der Waals surface area contributed by atoms with E-state index in [-0.39, 0.29) is 5.56 Å². The topological polar surface area (TPSA) is 77.4 Å². The van der Waals surface area contributed by atoms with Crippen molar-refractivity contribution in [3.8, 4) is 6.07 Å². The molecule has 0 bridgehead atoms. The number of nitriles is 1. The zero-order valence-corrected chi connectivity index (χ0v) is 8.94. The summed E-state index contributed by atoms with van der Waals surface area (Å²) in [4.78, 5) is 3.96. The summed E-state index contributed by atoms with van der Waals surface area (Å²) in [6.07, 6.45) is 2.06. The van der Waals surface area contributed by atoms with Crippen molar-refractivity contribution in [3.63, 3.8) is 0 Å². The summed E-state index contributed by atoms with van der Waals surface area (Å²) in [6.45, 7) is 0.549. The Labute approximate surface area is 97.3 Å². The fraction of sp³-hybridized carbons (Fsp3) is 0.182. The maximum atomic E-state index is 13.3. The van der Waals surface area contributed by atoms with Crippen LogP contribution >= 0.6 is 0 Å². The van der Waals surface area contributed by atoms with Crippen LogP contribution in [0.5, 0.6) is 0 Å². The Hall–Kier alpha value is -2.42. The molecule has 0 atom stereocenters. The fourth-order valence-corrected chi connectivity index (χ4v) is 1.45. The van der Waals surface area contributed by atoms with Gasteiger partial charge in [-0.1, -0.05) is 6.07 Å². The van der Waals surface area contributed by atoms with Gasteiger partial charge in [-0.25, -0.2) is 9.37 Å². The minimum Gasteiger partial charge on any atom is -0.383 e. The van der Waals surface area contributed by atoms with Crippen LogP contribution in [0, 0.1) is 17.1 Å². The SMILES string of the molecule is N#Cc1c(F)cccc1NCCc1ncn[nH]1. The third kappa shape index (κ3) is 2.58. The second-order valence-electron chi connectivity index (χ2n) is 3.38. The maximum Gasteiger partial charge on any atom is 0.143 e. The van der Waals surface area contributed by atoms with Gasteiger partial charge in [0.15, 0.2) is 0 Å². The molecule has 0 unspecified atom stereocenters. The van der Waals surface area contributed by atoms with E-state index < -0.39 is 5.82 Å². The number of nitrogens with zero attached hydrogens (tertiary/aromatic N) is 3. The van der Waals surface area contributed by atoms with E-state index in [2.05, 4.69) is 20.5 Å². The number of H-pyrrole nitrogens is 1. The van der Waals surface area contributed by atoms with Crippen molar-refractivity contribution in [2.75, 3.05) is 11.9 Å². The molecule has 0 aliphatic carbocycles. The molecular weight excluding hydrogens is 221 g/mol. The van der Waals surface area contributed by atoms with Crippen molar-refractivity contribution in [1.82, 2.24) is 15.2 Å². The number of benzene rings is 1. The van der Waals surface area contributed by atoms with E-state index in [4.69, 9.17) is 5.26 Å². The van der Waals surface area contributed by atoms with Gasteiger partial charge in [-0.15, -0.1) is 0 Å². The average molecular weight is 231 g/mol. The van der Waals surface area contributed by atoms with Crippen molar-refractivity contribution in [3.05, 3.63) is 41.7 Å². The average Bonchev–Trinajstić information content (AvgIpc) is 2.82. The molecule has 1 heterocycles. The van der Waals surface area contributed by atoms with Gasteiger partial charge in [-0.3, -0.25) is 5.10 Å². The van der Waals surface area contributed by atoms with Crippen LogP contribution in [0.25, 0.3) is 0 Å². The highest BCUT2D eigenvalue weighted by Gasteiger charge is 2.06. The molecule has 17 heavy (non-hydrogen) atoms. The molecule has 86 valence electrons. The number of nitrogens with one attached hydrogen (secondary N) is 2. The molecule has 0 aliphatic heterocycles. The number of hydrogen-bond donors (Lipinski definition) is 2. The lowest BCUT2D eigenvalue weighted by atomic mass is 10.2. The van der Waals surface area contributed by atoms with Crippen molar-refractivity contribution < 1.29 is 4.39 Å². The predicted octanol–water partition coefficient (Wildman–Crippen LogP) is 1.47. The van der Waals surface area contributed by atoms with E-state index in [1.807, 2.05) is 6.07 Å². The number of aromatic amines is 1. The normalized spacial score (nSPS) is 9.88. The first kappa shape index (κ1) is 11.1. The monoisotopic (exact) mass is 231 g/mol. The van der Waals surface area contributed by atoms with Gasteiger partial charge in [0.2, 0.25) is 0 Å². The predicted molar refractivity (Wildman–Crippen MR) is 59.7 cm³/mol. The molecular formula is C11H10FN5. The molecule has 0 spiro atoms. The number of aromatic nitrogens is 3. The molecule has 0 saturated heterocycles. The molecule has 0 saturated carbocycles. The largest absolute Gasteiger partial charge is 0.383 e. The second-order valence-corrected chi connectivity index (χ2v) is 3.38. The lowest BCUT2D eigenvalue weighted by Crippen LogP contribution is -2.07. The molecule has 1 aromatic heterocycles. The van der Waals surface area contributed by atoms with Gasteiger partial charge in [0.05, 0.1) is 5.69 Å². The molecule has 0 fully saturated rings. The van der Waals surface area contributed by atoms with Gasteiger partial charge in [0.25, 0.3) is 0 Å². The number of rotatable bonds is 4. The highest BCUT2D eigenvalue weighted by molar-refractivity contribution is 5.57. The quantitative estimate of drug-likeness (QED) is 0.835. The van der Waals surface area contributed by atoms with Crippen LogP contribution in [0.4, 0.5) is 10.1 Å². The Balaban J connectivity index is 2.00. The fourth-order valence-electron chi connectivity index (χ4n) is 1.45. The summed E-state index contributed by atoms with van der Waals surface area (Å²) in [7, 11) is 0. The Morgan fingerprint density at radius 1 is 1.47 bits per heavy atom. The van der Waals surface area contributed by atoms with Crippen molar-refractivity contribution >= 4 is 5.69 Å². The molecule has 0 amide bonds. The first-order valence-electron chi connectivity index (χ1n) is 5.08. The third-order valence-corrected chi connectivity index (χ3v) is 2.27. The molecule has 2 aromatic rings. The Morgan fingerprint density at radius 3 is 3.06 bits per heavy atom. The van der Waals surface area contributed by atoms with Gasteiger partial charge in [-0.05, 0) is 12.1 Å². The lowest BCUT2D eigenvalue weighted by molar-refractivity contribution is 0.624. The van der Waals surface area contributed by atoms with E-state index in [0.29, 0.717) is 18.7 Å². The van der Waals surface area contributed by atoms with Crippen molar-refractivity contribution in [2.45, 2.75) is 6.42 Å². The van der Waals surface area contributed by atoms with Gasteiger partial charge >= 0.3 is 0 Å². The third-order valence-electron chi connectivity index (χ3n) is 2.27. The molecule has 6 heteroatoms. The molecule has 1 aromatic carbocycles. The molecule has 5 nitrogen and oxygen atoms in total. The zero-order valence-electron chi connectivity index (χ0n) is 8.94. The van der Waals surface area contributed by atoms with Gasteiger partial charge in [0, 0.05) is 13.0 Å². The number of hydrogen-bond acceptors (Lipinski definition) is 4. The maximum absolute atomic E-state index is 13.3. The summed E-state index contributed by atoms with van der Waals surface area (Å²) in [5.41, 5.74) is 0.525. The Bertz CT molecular complexity index is 529. The number of anilines is 1. The highest BCUT2D eigenvalue weighted by atomic mass is 19.1. The van der Waals surface area contributed by atoms with Crippen molar-refractivity contribution in [1.29, 1.82) is 5.26 Å². The van der Waals surface area contributed by atoms with Crippen molar-refractivity contribution in [2.24, 2.45) is 0 Å². The Kier molecular flexibility index (Phi) is 3.31. The van der Waals surface area contributed by atoms with E-state index in [0.717, 1.165) is 5.82 Å². The second kappa shape index (κ2) is 5.07. The van der Waals surface area contributed by atoms with Gasteiger partial charge in [0.1, 0.15) is 29.6 Å². The summed E-state index contributed by atoms with van der Waals surface area (Å²) in [6, 6.07) is 6.33. The lowest BCUT2D eigenvalue weighted by Gasteiger charge is -2.07.